The fraction of sp³-hybridized carbons (Fsp3) is 0.200. The molecule has 0 saturated heterocycles. The highest BCUT2D eigenvalue weighted by atomic mass is 32.2. The molecule has 0 aliphatic heterocycles. The summed E-state index contributed by atoms with van der Waals surface area (Å²) in [7, 11) is 0. The molecule has 1 unspecified atom stereocenters. The smallest absolute Gasteiger partial charge is 0.123 e. The van der Waals surface area contributed by atoms with Crippen molar-refractivity contribution in [1.82, 2.24) is 0 Å². The maximum absolute atomic E-state index is 12.8. The molecule has 0 aromatic heterocycles. The molecule has 94 valence electrons. The zero-order valence-corrected chi connectivity index (χ0v) is 11.3. The molecule has 1 N–H and O–H groups in total. The van der Waals surface area contributed by atoms with Crippen LogP contribution in [0, 0.1) is 5.82 Å². The summed E-state index contributed by atoms with van der Waals surface area (Å²) in [5.41, 5.74) is 2.15. The molecule has 2 aromatic rings. The lowest BCUT2D eigenvalue weighted by Crippen LogP contribution is -2.06. The highest BCUT2D eigenvalue weighted by molar-refractivity contribution is 7.98. The molecule has 0 aliphatic carbocycles. The Morgan fingerprint density at radius 2 is 1.61 bits per heavy atom. The molecule has 2 aromatic carbocycles. The van der Waals surface area contributed by atoms with E-state index in [0.717, 1.165) is 11.3 Å². The third kappa shape index (κ3) is 3.26. The number of nitrogens with one attached hydrogen (secondary N) is 1. The van der Waals surface area contributed by atoms with E-state index in [1.807, 2.05) is 12.1 Å². The molecule has 2 rings (SSSR count). The lowest BCUT2D eigenvalue weighted by atomic mass is 10.1. The number of halogens is 1. The van der Waals surface area contributed by atoms with Crippen molar-refractivity contribution in [2.75, 3.05) is 11.6 Å². The second kappa shape index (κ2) is 5.91. The van der Waals surface area contributed by atoms with Crippen LogP contribution in [-0.2, 0) is 0 Å². The molecule has 0 spiro atoms. The van der Waals surface area contributed by atoms with Gasteiger partial charge in [-0.15, -0.1) is 11.8 Å². The van der Waals surface area contributed by atoms with Gasteiger partial charge in [0, 0.05) is 16.6 Å². The van der Waals surface area contributed by atoms with Crippen molar-refractivity contribution in [1.29, 1.82) is 0 Å². The van der Waals surface area contributed by atoms with Crippen molar-refractivity contribution >= 4 is 17.4 Å². The maximum atomic E-state index is 12.8. The van der Waals surface area contributed by atoms with Crippen molar-refractivity contribution in [3.05, 3.63) is 59.9 Å². The van der Waals surface area contributed by atoms with E-state index in [1.54, 1.807) is 11.8 Å². The first-order valence-corrected chi connectivity index (χ1v) is 7.07. The van der Waals surface area contributed by atoms with E-state index in [1.165, 1.54) is 17.0 Å². The van der Waals surface area contributed by atoms with Gasteiger partial charge in [-0.05, 0) is 55.1 Å². The minimum absolute atomic E-state index is 0.158. The van der Waals surface area contributed by atoms with Gasteiger partial charge in [0.1, 0.15) is 5.82 Å². The Kier molecular flexibility index (Phi) is 4.26. The zero-order valence-electron chi connectivity index (χ0n) is 10.5. The second-order valence-corrected chi connectivity index (χ2v) is 5.03. The number of anilines is 1. The van der Waals surface area contributed by atoms with Crippen LogP contribution < -0.4 is 5.32 Å². The number of hydrogen-bond donors (Lipinski definition) is 1. The molecule has 0 heterocycles. The molecule has 0 bridgehead atoms. The van der Waals surface area contributed by atoms with E-state index >= 15 is 0 Å². The largest absolute Gasteiger partial charge is 0.379 e. The van der Waals surface area contributed by atoms with Gasteiger partial charge in [-0.2, -0.15) is 0 Å². The molecule has 0 fully saturated rings. The van der Waals surface area contributed by atoms with Gasteiger partial charge in [0.05, 0.1) is 0 Å². The van der Waals surface area contributed by atoms with Crippen LogP contribution in [0.5, 0.6) is 0 Å². The van der Waals surface area contributed by atoms with Crippen LogP contribution in [0.25, 0.3) is 0 Å². The summed E-state index contributed by atoms with van der Waals surface area (Å²) < 4.78 is 12.8. The van der Waals surface area contributed by atoms with Crippen LogP contribution in [-0.4, -0.2) is 6.26 Å². The molecule has 0 aliphatic rings. The first-order valence-electron chi connectivity index (χ1n) is 5.85. The van der Waals surface area contributed by atoms with Gasteiger partial charge in [-0.3, -0.25) is 0 Å². The fourth-order valence-corrected chi connectivity index (χ4v) is 2.18. The normalized spacial score (nSPS) is 12.2. The Bertz CT molecular complexity index is 493. The molecule has 1 atom stereocenters. The Morgan fingerprint density at radius 1 is 1.00 bits per heavy atom. The van der Waals surface area contributed by atoms with Gasteiger partial charge >= 0.3 is 0 Å². The van der Waals surface area contributed by atoms with E-state index in [2.05, 4.69) is 42.8 Å². The highest BCUT2D eigenvalue weighted by Gasteiger charge is 2.05. The van der Waals surface area contributed by atoms with E-state index in [0.29, 0.717) is 0 Å². The summed E-state index contributed by atoms with van der Waals surface area (Å²) in [6, 6.07) is 15.1. The molecule has 3 heteroatoms. The predicted octanol–water partition coefficient (Wildman–Crippen LogP) is 4.72. The molecular weight excluding hydrogens is 245 g/mol. The van der Waals surface area contributed by atoms with E-state index in [4.69, 9.17) is 0 Å². The minimum Gasteiger partial charge on any atom is -0.379 e. The maximum Gasteiger partial charge on any atom is 0.123 e. The van der Waals surface area contributed by atoms with Crippen LogP contribution in [0.3, 0.4) is 0 Å². The average molecular weight is 261 g/mol. The SMILES string of the molecule is CSc1ccc(NC(C)c2ccc(F)cc2)cc1. The highest BCUT2D eigenvalue weighted by Crippen LogP contribution is 2.22. The summed E-state index contributed by atoms with van der Waals surface area (Å²) in [5, 5.41) is 3.40. The van der Waals surface area contributed by atoms with Crippen LogP contribution in [0.15, 0.2) is 53.4 Å². The molecule has 0 amide bonds. The van der Waals surface area contributed by atoms with Crippen molar-refractivity contribution in [2.24, 2.45) is 0 Å². The van der Waals surface area contributed by atoms with E-state index in [-0.39, 0.29) is 11.9 Å². The minimum atomic E-state index is -0.199. The van der Waals surface area contributed by atoms with Gasteiger partial charge < -0.3 is 5.32 Å². The topological polar surface area (TPSA) is 12.0 Å². The molecule has 0 radical (unpaired) electrons. The fourth-order valence-electron chi connectivity index (χ4n) is 1.77. The summed E-state index contributed by atoms with van der Waals surface area (Å²) in [6.07, 6.45) is 2.06. The van der Waals surface area contributed by atoms with Crippen LogP contribution in [0.4, 0.5) is 10.1 Å². The molecule has 1 nitrogen and oxygen atoms in total. The first-order chi connectivity index (χ1) is 8.69. The average Bonchev–Trinajstić information content (AvgIpc) is 2.40. The van der Waals surface area contributed by atoms with Crippen molar-refractivity contribution in [3.63, 3.8) is 0 Å². The number of thioether (sulfide) groups is 1. The van der Waals surface area contributed by atoms with Crippen LogP contribution in [0.1, 0.15) is 18.5 Å². The van der Waals surface area contributed by atoms with E-state index < -0.39 is 0 Å². The molecule has 18 heavy (non-hydrogen) atoms. The lowest BCUT2D eigenvalue weighted by Gasteiger charge is -2.15. The monoisotopic (exact) mass is 261 g/mol. The van der Waals surface area contributed by atoms with Gasteiger partial charge in [0.15, 0.2) is 0 Å². The number of rotatable bonds is 4. The number of benzene rings is 2. The van der Waals surface area contributed by atoms with Crippen LogP contribution >= 0.6 is 11.8 Å². The zero-order chi connectivity index (χ0) is 13.0. The number of hydrogen-bond acceptors (Lipinski definition) is 2. The predicted molar refractivity (Wildman–Crippen MR) is 76.7 cm³/mol. The summed E-state index contributed by atoms with van der Waals surface area (Å²) >= 11 is 1.72. The summed E-state index contributed by atoms with van der Waals surface area (Å²) in [5.74, 6) is -0.199. The third-order valence-electron chi connectivity index (χ3n) is 2.84. The van der Waals surface area contributed by atoms with Gasteiger partial charge in [0.2, 0.25) is 0 Å². The summed E-state index contributed by atoms with van der Waals surface area (Å²) in [6.45, 7) is 2.07. The standard InChI is InChI=1S/C15H16FNS/c1-11(12-3-5-13(16)6-4-12)17-14-7-9-15(18-2)10-8-14/h3-11,17H,1-2H3. The van der Waals surface area contributed by atoms with E-state index in [9.17, 15) is 4.39 Å². The van der Waals surface area contributed by atoms with Crippen molar-refractivity contribution < 1.29 is 4.39 Å². The molecular formula is C15H16FNS. The first kappa shape index (κ1) is 13.0. The third-order valence-corrected chi connectivity index (χ3v) is 3.59. The molecule has 0 saturated carbocycles. The Labute approximate surface area is 111 Å². The van der Waals surface area contributed by atoms with Gasteiger partial charge in [-0.25, -0.2) is 4.39 Å². The van der Waals surface area contributed by atoms with Gasteiger partial charge in [0.25, 0.3) is 0 Å². The second-order valence-electron chi connectivity index (χ2n) is 4.15. The van der Waals surface area contributed by atoms with Crippen molar-refractivity contribution in [3.8, 4) is 0 Å². The van der Waals surface area contributed by atoms with Crippen molar-refractivity contribution in [2.45, 2.75) is 17.9 Å². The summed E-state index contributed by atoms with van der Waals surface area (Å²) in [4.78, 5) is 1.25. The van der Waals surface area contributed by atoms with Crippen LogP contribution in [0.2, 0.25) is 0 Å². The Morgan fingerprint density at radius 3 is 2.17 bits per heavy atom. The van der Waals surface area contributed by atoms with Gasteiger partial charge in [-0.1, -0.05) is 12.1 Å². The lowest BCUT2D eigenvalue weighted by molar-refractivity contribution is 0.626. The Hall–Kier alpha value is -1.48. The quantitative estimate of drug-likeness (QED) is 0.799. The Balaban J connectivity index is 2.05.